The molecule has 5 nitrogen and oxygen atoms in total. The molecule has 0 unspecified atom stereocenters. The van der Waals surface area contributed by atoms with E-state index in [4.69, 9.17) is 0 Å². The number of hydrogen-bond acceptors (Lipinski definition) is 4. The van der Waals surface area contributed by atoms with Gasteiger partial charge in [0.1, 0.15) is 6.67 Å². The van der Waals surface area contributed by atoms with E-state index < -0.39 is 23.5 Å². The second-order valence-electron chi connectivity index (χ2n) is 3.24. The fourth-order valence-electron chi connectivity index (χ4n) is 1.21. The highest BCUT2D eigenvalue weighted by molar-refractivity contribution is 5.80. The summed E-state index contributed by atoms with van der Waals surface area (Å²) >= 11 is 0. The second kappa shape index (κ2) is 5.32. The van der Waals surface area contributed by atoms with Crippen molar-refractivity contribution in [1.29, 1.82) is 0 Å². The molecule has 0 saturated carbocycles. The molecule has 0 aliphatic carbocycles. The first kappa shape index (κ1) is 12.3. The Balaban J connectivity index is 2.73. The van der Waals surface area contributed by atoms with Gasteiger partial charge < -0.3 is 5.11 Å². The molecule has 0 aromatic heterocycles. The maximum absolute atomic E-state index is 11.9. The fourth-order valence-corrected chi connectivity index (χ4v) is 1.21. The van der Waals surface area contributed by atoms with Crippen LogP contribution >= 0.6 is 0 Å². The lowest BCUT2D eigenvalue weighted by atomic mass is 10.0. The zero-order valence-corrected chi connectivity index (χ0v) is 8.30. The number of benzene rings is 1. The Morgan fingerprint density at radius 2 is 2.00 bits per heavy atom. The number of nitro groups is 1. The van der Waals surface area contributed by atoms with Crippen molar-refractivity contribution >= 4 is 11.5 Å². The van der Waals surface area contributed by atoms with Crippen LogP contribution in [0.2, 0.25) is 0 Å². The van der Waals surface area contributed by atoms with Crippen molar-refractivity contribution in [2.24, 2.45) is 0 Å². The second-order valence-corrected chi connectivity index (χ2v) is 3.24. The lowest BCUT2D eigenvalue weighted by Gasteiger charge is -2.08. The molecule has 0 aliphatic heterocycles. The molecule has 86 valence electrons. The minimum Gasteiger partial charge on any atom is -0.388 e. The number of aliphatic hydroxyl groups is 1. The third kappa shape index (κ3) is 3.09. The van der Waals surface area contributed by atoms with E-state index in [2.05, 4.69) is 0 Å². The van der Waals surface area contributed by atoms with E-state index in [0.717, 1.165) is 0 Å². The quantitative estimate of drug-likeness (QED) is 0.611. The Kier molecular flexibility index (Phi) is 4.07. The molecule has 0 spiro atoms. The highest BCUT2D eigenvalue weighted by atomic mass is 19.1. The van der Waals surface area contributed by atoms with Crippen LogP contribution in [0.4, 0.5) is 10.1 Å². The summed E-state index contributed by atoms with van der Waals surface area (Å²) in [5.41, 5.74) is 0.250. The van der Waals surface area contributed by atoms with Crippen LogP contribution in [0.1, 0.15) is 18.1 Å². The number of carbonyl (C=O) groups is 1. The van der Waals surface area contributed by atoms with E-state index in [0.29, 0.717) is 5.56 Å². The van der Waals surface area contributed by atoms with Gasteiger partial charge in [0, 0.05) is 18.6 Å². The van der Waals surface area contributed by atoms with Crippen LogP contribution in [-0.2, 0) is 4.79 Å². The predicted molar refractivity (Wildman–Crippen MR) is 53.7 cm³/mol. The first-order valence-electron chi connectivity index (χ1n) is 4.54. The summed E-state index contributed by atoms with van der Waals surface area (Å²) in [6.45, 7) is -1.12. The molecular formula is C10H10FNO4. The van der Waals surface area contributed by atoms with Crippen molar-refractivity contribution in [3.05, 3.63) is 39.9 Å². The molecular weight excluding hydrogens is 217 g/mol. The largest absolute Gasteiger partial charge is 0.388 e. The maximum Gasteiger partial charge on any atom is 0.269 e. The van der Waals surface area contributed by atoms with Crippen molar-refractivity contribution in [2.45, 2.75) is 12.5 Å². The molecule has 6 heteroatoms. The third-order valence-corrected chi connectivity index (χ3v) is 2.06. The Morgan fingerprint density at radius 1 is 1.44 bits per heavy atom. The average molecular weight is 227 g/mol. The van der Waals surface area contributed by atoms with Crippen LogP contribution < -0.4 is 0 Å². The summed E-state index contributed by atoms with van der Waals surface area (Å²) in [6.07, 6.45) is -1.45. The van der Waals surface area contributed by atoms with Gasteiger partial charge in [0.05, 0.1) is 11.0 Å². The molecule has 0 aliphatic rings. The molecule has 16 heavy (non-hydrogen) atoms. The Morgan fingerprint density at radius 3 is 2.44 bits per heavy atom. The van der Waals surface area contributed by atoms with E-state index >= 15 is 0 Å². The molecule has 0 radical (unpaired) electrons. The van der Waals surface area contributed by atoms with Crippen LogP contribution in [0, 0.1) is 10.1 Å². The van der Waals surface area contributed by atoms with Crippen molar-refractivity contribution in [3.8, 4) is 0 Å². The zero-order chi connectivity index (χ0) is 12.1. The average Bonchev–Trinajstić information content (AvgIpc) is 2.28. The molecule has 1 aromatic carbocycles. The monoisotopic (exact) mass is 227 g/mol. The van der Waals surface area contributed by atoms with Crippen molar-refractivity contribution in [3.63, 3.8) is 0 Å². The van der Waals surface area contributed by atoms with Crippen LogP contribution in [0.25, 0.3) is 0 Å². The normalized spacial score (nSPS) is 12.1. The minimum absolute atomic E-state index is 0.104. The number of non-ortho nitro benzene ring substituents is 1. The number of halogens is 1. The molecule has 1 N–H and O–H groups in total. The molecule has 0 heterocycles. The van der Waals surface area contributed by atoms with Crippen molar-refractivity contribution in [1.82, 2.24) is 0 Å². The lowest BCUT2D eigenvalue weighted by molar-refractivity contribution is -0.384. The van der Waals surface area contributed by atoms with Gasteiger partial charge in [-0.15, -0.1) is 0 Å². The Hall–Kier alpha value is -1.82. The first-order valence-corrected chi connectivity index (χ1v) is 4.54. The van der Waals surface area contributed by atoms with Gasteiger partial charge in [-0.25, -0.2) is 4.39 Å². The zero-order valence-electron chi connectivity index (χ0n) is 8.30. The third-order valence-electron chi connectivity index (χ3n) is 2.06. The minimum atomic E-state index is -1.12. The highest BCUT2D eigenvalue weighted by Crippen LogP contribution is 2.20. The van der Waals surface area contributed by atoms with Gasteiger partial charge in [-0.3, -0.25) is 14.9 Å². The number of Topliss-reactive ketones (excluding diaryl/α,β-unsaturated/α-hetero) is 1. The fraction of sp³-hybridized carbons (Fsp3) is 0.300. The molecule has 0 amide bonds. The van der Waals surface area contributed by atoms with E-state index in [1.165, 1.54) is 24.3 Å². The number of ketones is 1. The summed E-state index contributed by atoms with van der Waals surface area (Å²) in [5, 5.41) is 19.8. The Bertz CT molecular complexity index is 390. The van der Waals surface area contributed by atoms with Gasteiger partial charge >= 0.3 is 0 Å². The summed E-state index contributed by atoms with van der Waals surface area (Å²) in [4.78, 5) is 20.5. The molecule has 1 aromatic rings. The molecule has 1 rings (SSSR count). The smallest absolute Gasteiger partial charge is 0.269 e. The van der Waals surface area contributed by atoms with Crippen LogP contribution in [0.15, 0.2) is 24.3 Å². The number of nitrogens with zero attached hydrogens (tertiary/aromatic N) is 1. The van der Waals surface area contributed by atoms with Gasteiger partial charge in [-0.2, -0.15) is 0 Å². The number of aliphatic hydroxyl groups excluding tert-OH is 1. The van der Waals surface area contributed by atoms with Crippen LogP contribution in [-0.4, -0.2) is 22.5 Å². The number of carbonyl (C=O) groups excluding carboxylic acids is 1. The van der Waals surface area contributed by atoms with Gasteiger partial charge in [-0.05, 0) is 17.7 Å². The topological polar surface area (TPSA) is 80.4 Å². The lowest BCUT2D eigenvalue weighted by Crippen LogP contribution is -2.08. The number of rotatable bonds is 5. The first-order chi connectivity index (χ1) is 7.54. The number of hydrogen-bond donors (Lipinski definition) is 1. The standard InChI is InChI=1S/C10H10FNO4/c11-6-9(13)5-10(14)7-1-3-8(4-2-7)12(15)16/h1-4,10,14H,5-6H2/t10-/m1/s1. The summed E-state index contributed by atoms with van der Waals surface area (Å²) in [5.74, 6) is -0.703. The van der Waals surface area contributed by atoms with E-state index in [1.54, 1.807) is 0 Å². The van der Waals surface area contributed by atoms with Crippen LogP contribution in [0.3, 0.4) is 0 Å². The van der Waals surface area contributed by atoms with E-state index in [-0.39, 0.29) is 12.1 Å². The molecule has 0 saturated heterocycles. The maximum atomic E-state index is 11.9. The number of alkyl halides is 1. The summed E-state index contributed by atoms with van der Waals surface area (Å²) in [7, 11) is 0. The summed E-state index contributed by atoms with van der Waals surface area (Å²) in [6, 6.07) is 5.12. The van der Waals surface area contributed by atoms with Crippen LogP contribution in [0.5, 0.6) is 0 Å². The predicted octanol–water partition coefficient (Wildman–Crippen LogP) is 1.56. The van der Waals surface area contributed by atoms with Crippen molar-refractivity contribution < 1.29 is 19.2 Å². The van der Waals surface area contributed by atoms with Gasteiger partial charge in [0.2, 0.25) is 0 Å². The van der Waals surface area contributed by atoms with E-state index in [1.807, 2.05) is 0 Å². The SMILES string of the molecule is O=C(CF)C[C@@H](O)c1ccc([N+](=O)[O-])cc1. The van der Waals surface area contributed by atoms with Gasteiger partial charge in [0.15, 0.2) is 5.78 Å². The Labute approximate surface area is 90.7 Å². The van der Waals surface area contributed by atoms with E-state index in [9.17, 15) is 24.4 Å². The van der Waals surface area contributed by atoms with Gasteiger partial charge in [0.25, 0.3) is 5.69 Å². The molecule has 1 atom stereocenters. The molecule has 0 fully saturated rings. The van der Waals surface area contributed by atoms with Crippen molar-refractivity contribution in [2.75, 3.05) is 6.67 Å². The van der Waals surface area contributed by atoms with Gasteiger partial charge in [-0.1, -0.05) is 0 Å². The summed E-state index contributed by atoms with van der Waals surface area (Å²) < 4.78 is 11.9. The molecule has 0 bridgehead atoms. The highest BCUT2D eigenvalue weighted by Gasteiger charge is 2.14. The number of nitro benzene ring substituents is 1.